The fourth-order valence-electron chi connectivity index (χ4n) is 4.10. The summed E-state index contributed by atoms with van der Waals surface area (Å²) in [6.07, 6.45) is 3.06. The minimum atomic E-state index is -0.732. The Hall–Kier alpha value is -2.02. The molecule has 0 aromatic heterocycles. The molecule has 1 fully saturated rings. The number of anilines is 1. The number of para-hydroxylation sites is 1. The number of nitrogens with zero attached hydrogens (tertiary/aromatic N) is 2. The molecule has 2 aliphatic rings. The normalized spacial score (nSPS) is 24.5. The molecule has 4 heteroatoms. The van der Waals surface area contributed by atoms with E-state index < -0.39 is 5.54 Å². The lowest BCUT2D eigenvalue weighted by Crippen LogP contribution is -2.55. The SMILES string of the molecule is C[C@H]1CC(C)(C)N(CC(=O)N[C@@](C)(C#N)C2CC2)c2ccccc21. The predicted molar refractivity (Wildman–Crippen MR) is 95.8 cm³/mol. The molecular weight excluding hydrogens is 298 g/mol. The summed E-state index contributed by atoms with van der Waals surface area (Å²) in [6.45, 7) is 8.77. The highest BCUT2D eigenvalue weighted by molar-refractivity contribution is 5.83. The zero-order chi connectivity index (χ0) is 17.5. The van der Waals surface area contributed by atoms with Crippen LogP contribution in [0.3, 0.4) is 0 Å². The number of hydrogen-bond acceptors (Lipinski definition) is 3. The van der Waals surface area contributed by atoms with E-state index >= 15 is 0 Å². The molecule has 1 aromatic rings. The Morgan fingerprint density at radius 1 is 1.42 bits per heavy atom. The van der Waals surface area contributed by atoms with Crippen LogP contribution in [-0.4, -0.2) is 23.5 Å². The molecule has 128 valence electrons. The van der Waals surface area contributed by atoms with Gasteiger partial charge in [-0.05, 0) is 63.5 Å². The number of carbonyl (C=O) groups excluding carboxylic acids is 1. The lowest BCUT2D eigenvalue weighted by Gasteiger charge is -2.47. The minimum absolute atomic E-state index is 0.0663. The van der Waals surface area contributed by atoms with Gasteiger partial charge in [-0.3, -0.25) is 4.79 Å². The fourth-order valence-corrected chi connectivity index (χ4v) is 4.10. The molecule has 0 radical (unpaired) electrons. The quantitative estimate of drug-likeness (QED) is 0.920. The van der Waals surface area contributed by atoms with Crippen molar-refractivity contribution in [2.75, 3.05) is 11.4 Å². The molecule has 1 aliphatic heterocycles. The van der Waals surface area contributed by atoms with Crippen LogP contribution < -0.4 is 10.2 Å². The Bertz CT molecular complexity index is 686. The van der Waals surface area contributed by atoms with Gasteiger partial charge in [-0.1, -0.05) is 25.1 Å². The molecule has 0 unspecified atom stereocenters. The van der Waals surface area contributed by atoms with Gasteiger partial charge in [-0.2, -0.15) is 5.26 Å². The van der Waals surface area contributed by atoms with Crippen LogP contribution in [-0.2, 0) is 4.79 Å². The maximum Gasteiger partial charge on any atom is 0.240 e. The van der Waals surface area contributed by atoms with E-state index in [-0.39, 0.29) is 11.4 Å². The Kier molecular flexibility index (Phi) is 4.07. The van der Waals surface area contributed by atoms with Gasteiger partial charge in [-0.15, -0.1) is 0 Å². The molecule has 0 spiro atoms. The Morgan fingerprint density at radius 3 is 2.71 bits per heavy atom. The highest BCUT2D eigenvalue weighted by Crippen LogP contribution is 2.43. The second-order valence-electron chi connectivity index (χ2n) is 8.20. The zero-order valence-corrected chi connectivity index (χ0v) is 15.1. The average Bonchev–Trinajstić information content (AvgIpc) is 3.36. The maximum absolute atomic E-state index is 12.7. The monoisotopic (exact) mass is 325 g/mol. The molecule has 1 amide bonds. The molecule has 1 heterocycles. The summed E-state index contributed by atoms with van der Waals surface area (Å²) >= 11 is 0. The van der Waals surface area contributed by atoms with Gasteiger partial charge in [0.25, 0.3) is 0 Å². The molecule has 2 atom stereocenters. The number of hydrogen-bond donors (Lipinski definition) is 1. The van der Waals surface area contributed by atoms with Gasteiger partial charge < -0.3 is 10.2 Å². The van der Waals surface area contributed by atoms with E-state index in [2.05, 4.69) is 55.3 Å². The first kappa shape index (κ1) is 16.8. The lowest BCUT2D eigenvalue weighted by atomic mass is 9.80. The van der Waals surface area contributed by atoms with E-state index in [1.165, 1.54) is 5.56 Å². The van der Waals surface area contributed by atoms with Gasteiger partial charge >= 0.3 is 0 Å². The van der Waals surface area contributed by atoms with E-state index in [9.17, 15) is 10.1 Å². The van der Waals surface area contributed by atoms with E-state index in [4.69, 9.17) is 0 Å². The smallest absolute Gasteiger partial charge is 0.240 e. The fraction of sp³-hybridized carbons (Fsp3) is 0.600. The third kappa shape index (κ3) is 3.00. The predicted octanol–water partition coefficient (Wildman–Crippen LogP) is 3.59. The van der Waals surface area contributed by atoms with E-state index in [0.717, 1.165) is 24.9 Å². The number of amides is 1. The number of rotatable bonds is 4. The third-order valence-electron chi connectivity index (χ3n) is 5.62. The topological polar surface area (TPSA) is 56.1 Å². The first-order valence-electron chi connectivity index (χ1n) is 8.86. The van der Waals surface area contributed by atoms with Crippen LogP contribution in [0.25, 0.3) is 0 Å². The number of carbonyl (C=O) groups is 1. The van der Waals surface area contributed by atoms with E-state index in [1.807, 2.05) is 13.0 Å². The summed E-state index contributed by atoms with van der Waals surface area (Å²) in [6, 6.07) is 10.7. The van der Waals surface area contributed by atoms with Crippen molar-refractivity contribution in [3.8, 4) is 6.07 Å². The molecule has 1 saturated carbocycles. The first-order valence-corrected chi connectivity index (χ1v) is 8.86. The van der Waals surface area contributed by atoms with Gasteiger partial charge in [0.2, 0.25) is 5.91 Å². The van der Waals surface area contributed by atoms with Gasteiger partial charge in [0.15, 0.2) is 0 Å². The van der Waals surface area contributed by atoms with Gasteiger partial charge in [0, 0.05) is 11.2 Å². The summed E-state index contributed by atoms with van der Waals surface area (Å²) in [5, 5.41) is 12.5. The molecule has 0 saturated heterocycles. The third-order valence-corrected chi connectivity index (χ3v) is 5.62. The first-order chi connectivity index (χ1) is 11.3. The van der Waals surface area contributed by atoms with Crippen molar-refractivity contribution in [2.24, 2.45) is 5.92 Å². The highest BCUT2D eigenvalue weighted by Gasteiger charge is 2.44. The largest absolute Gasteiger partial charge is 0.357 e. The van der Waals surface area contributed by atoms with E-state index in [1.54, 1.807) is 0 Å². The lowest BCUT2D eigenvalue weighted by molar-refractivity contribution is -0.121. The summed E-state index contributed by atoms with van der Waals surface area (Å²) in [4.78, 5) is 14.9. The zero-order valence-electron chi connectivity index (χ0n) is 15.1. The van der Waals surface area contributed by atoms with Crippen molar-refractivity contribution < 1.29 is 4.79 Å². The summed E-state index contributed by atoms with van der Waals surface area (Å²) in [5.74, 6) is 0.711. The van der Waals surface area contributed by atoms with Gasteiger partial charge in [0.1, 0.15) is 5.54 Å². The van der Waals surface area contributed by atoms with E-state index in [0.29, 0.717) is 18.4 Å². The van der Waals surface area contributed by atoms with Crippen molar-refractivity contribution >= 4 is 11.6 Å². The number of nitriles is 1. The summed E-state index contributed by atoms with van der Waals surface area (Å²) in [5.41, 5.74) is 1.62. The van der Waals surface area contributed by atoms with Crippen LogP contribution in [0.2, 0.25) is 0 Å². The minimum Gasteiger partial charge on any atom is -0.357 e. The second-order valence-corrected chi connectivity index (χ2v) is 8.20. The second kappa shape index (κ2) is 5.81. The van der Waals surface area contributed by atoms with Crippen molar-refractivity contribution in [3.05, 3.63) is 29.8 Å². The summed E-state index contributed by atoms with van der Waals surface area (Å²) in [7, 11) is 0. The Morgan fingerprint density at radius 2 is 2.08 bits per heavy atom. The molecule has 1 N–H and O–H groups in total. The molecule has 24 heavy (non-hydrogen) atoms. The maximum atomic E-state index is 12.7. The van der Waals surface area contributed by atoms with Crippen LogP contribution in [0.1, 0.15) is 58.4 Å². The standard InChI is InChI=1S/C20H27N3O/c1-14-11-19(2,3)23(17-8-6-5-7-16(14)17)12-18(24)22-20(4,13-21)15-9-10-15/h5-8,14-15H,9-12H2,1-4H3,(H,22,24)/t14-,20-/m0/s1. The van der Waals surface area contributed by atoms with Crippen LogP contribution in [0.4, 0.5) is 5.69 Å². The molecule has 1 aromatic carbocycles. The molecule has 4 nitrogen and oxygen atoms in total. The van der Waals surface area contributed by atoms with Crippen LogP contribution in [0.15, 0.2) is 24.3 Å². The molecular formula is C20H27N3O. The Balaban J connectivity index is 1.82. The Labute approximate surface area is 144 Å². The van der Waals surface area contributed by atoms with Crippen LogP contribution in [0.5, 0.6) is 0 Å². The molecule has 1 aliphatic carbocycles. The number of nitrogens with one attached hydrogen (secondary N) is 1. The van der Waals surface area contributed by atoms with Crippen LogP contribution >= 0.6 is 0 Å². The van der Waals surface area contributed by atoms with Crippen molar-refractivity contribution in [1.29, 1.82) is 5.26 Å². The van der Waals surface area contributed by atoms with Gasteiger partial charge in [-0.25, -0.2) is 0 Å². The molecule has 3 rings (SSSR count). The van der Waals surface area contributed by atoms with Crippen molar-refractivity contribution in [2.45, 2.75) is 64.0 Å². The van der Waals surface area contributed by atoms with Crippen molar-refractivity contribution in [1.82, 2.24) is 5.32 Å². The molecule has 0 bridgehead atoms. The summed E-state index contributed by atoms with van der Waals surface area (Å²) < 4.78 is 0. The van der Waals surface area contributed by atoms with Crippen LogP contribution in [0, 0.1) is 17.2 Å². The highest BCUT2D eigenvalue weighted by atomic mass is 16.2. The number of fused-ring (bicyclic) bond motifs is 1. The number of benzene rings is 1. The average molecular weight is 325 g/mol. The van der Waals surface area contributed by atoms with Crippen molar-refractivity contribution in [3.63, 3.8) is 0 Å². The van der Waals surface area contributed by atoms with Gasteiger partial charge in [0.05, 0.1) is 12.6 Å².